The molecular formula is C17H16F3N3O4. The molecule has 3 rings (SSSR count). The Morgan fingerprint density at radius 1 is 1.07 bits per heavy atom. The highest BCUT2D eigenvalue weighted by molar-refractivity contribution is 5.94. The zero-order valence-electron chi connectivity index (χ0n) is 14.1. The number of alkyl halides is 3. The number of piperazine rings is 1. The number of furan rings is 1. The average molecular weight is 383 g/mol. The summed E-state index contributed by atoms with van der Waals surface area (Å²) in [4.78, 5) is 31.6. The normalized spacial score (nSPS) is 14.9. The topological polar surface area (TPSA) is 75.9 Å². The standard InChI is InChI=1S/C17H16F3N3O4/c18-17(19,20)11-27-14-4-3-12(10-21-14)15(24)22-5-7-23(8-6-22)16(25)13-2-1-9-26-13/h1-4,9-10H,5-8,11H2. The third kappa shape index (κ3) is 4.78. The zero-order valence-corrected chi connectivity index (χ0v) is 14.1. The summed E-state index contributed by atoms with van der Waals surface area (Å²) in [7, 11) is 0. The third-order valence-electron chi connectivity index (χ3n) is 3.95. The molecule has 27 heavy (non-hydrogen) atoms. The molecule has 0 N–H and O–H groups in total. The van der Waals surface area contributed by atoms with E-state index in [1.165, 1.54) is 24.6 Å². The quantitative estimate of drug-likeness (QED) is 0.809. The monoisotopic (exact) mass is 383 g/mol. The molecule has 1 aliphatic heterocycles. The van der Waals surface area contributed by atoms with Crippen LogP contribution in [0.3, 0.4) is 0 Å². The fourth-order valence-electron chi connectivity index (χ4n) is 2.60. The van der Waals surface area contributed by atoms with Crippen molar-refractivity contribution < 1.29 is 31.9 Å². The van der Waals surface area contributed by atoms with E-state index in [0.717, 1.165) is 0 Å². The second-order valence-electron chi connectivity index (χ2n) is 5.85. The highest BCUT2D eigenvalue weighted by Gasteiger charge is 2.29. The Bertz CT molecular complexity index is 783. The number of pyridine rings is 1. The lowest BCUT2D eigenvalue weighted by Crippen LogP contribution is -2.50. The van der Waals surface area contributed by atoms with Crippen molar-refractivity contribution in [1.82, 2.24) is 14.8 Å². The SMILES string of the molecule is O=C(c1ccc(OCC(F)(F)F)nc1)N1CCN(C(=O)c2ccco2)CC1. The minimum Gasteiger partial charge on any atom is -0.468 e. The van der Waals surface area contributed by atoms with E-state index >= 15 is 0 Å². The average Bonchev–Trinajstić information content (AvgIpc) is 3.20. The van der Waals surface area contributed by atoms with Crippen LogP contribution in [-0.2, 0) is 0 Å². The number of aromatic nitrogens is 1. The first-order valence-corrected chi connectivity index (χ1v) is 8.11. The molecule has 0 aromatic carbocycles. The Morgan fingerprint density at radius 2 is 1.74 bits per heavy atom. The number of rotatable bonds is 4. The van der Waals surface area contributed by atoms with Gasteiger partial charge in [0.15, 0.2) is 12.4 Å². The number of hydrogen-bond acceptors (Lipinski definition) is 5. The van der Waals surface area contributed by atoms with Gasteiger partial charge in [-0.25, -0.2) is 4.98 Å². The molecule has 7 nitrogen and oxygen atoms in total. The second-order valence-corrected chi connectivity index (χ2v) is 5.85. The van der Waals surface area contributed by atoms with Gasteiger partial charge in [-0.2, -0.15) is 13.2 Å². The molecule has 0 radical (unpaired) electrons. The van der Waals surface area contributed by atoms with Crippen molar-refractivity contribution in [3.05, 3.63) is 48.0 Å². The Morgan fingerprint density at radius 3 is 2.26 bits per heavy atom. The molecule has 0 aliphatic carbocycles. The van der Waals surface area contributed by atoms with E-state index in [0.29, 0.717) is 26.2 Å². The predicted molar refractivity (Wildman–Crippen MR) is 86.3 cm³/mol. The van der Waals surface area contributed by atoms with Crippen LogP contribution in [-0.4, -0.2) is 65.6 Å². The molecule has 0 spiro atoms. The summed E-state index contributed by atoms with van der Waals surface area (Å²) >= 11 is 0. The zero-order chi connectivity index (χ0) is 19.4. The van der Waals surface area contributed by atoms with Crippen molar-refractivity contribution in [3.8, 4) is 5.88 Å². The fraction of sp³-hybridized carbons (Fsp3) is 0.353. The predicted octanol–water partition coefficient (Wildman–Crippen LogP) is 2.21. The lowest BCUT2D eigenvalue weighted by Gasteiger charge is -2.34. The van der Waals surface area contributed by atoms with Crippen LogP contribution in [0.5, 0.6) is 5.88 Å². The van der Waals surface area contributed by atoms with Crippen LogP contribution < -0.4 is 4.74 Å². The van der Waals surface area contributed by atoms with Gasteiger partial charge in [0.25, 0.3) is 11.8 Å². The Balaban J connectivity index is 1.54. The first-order valence-electron chi connectivity index (χ1n) is 8.11. The summed E-state index contributed by atoms with van der Waals surface area (Å²) in [6, 6.07) is 5.78. The molecule has 1 aliphatic rings. The fourth-order valence-corrected chi connectivity index (χ4v) is 2.60. The van der Waals surface area contributed by atoms with Crippen LogP contribution in [0.15, 0.2) is 41.1 Å². The molecule has 0 bridgehead atoms. The van der Waals surface area contributed by atoms with E-state index in [4.69, 9.17) is 4.42 Å². The Labute approximate surface area is 152 Å². The molecule has 2 aromatic heterocycles. The first-order chi connectivity index (χ1) is 12.8. The molecular weight excluding hydrogens is 367 g/mol. The summed E-state index contributed by atoms with van der Waals surface area (Å²) in [5.41, 5.74) is 0.236. The number of halogens is 3. The maximum absolute atomic E-state index is 12.5. The number of carbonyl (C=O) groups is 2. The minimum absolute atomic E-state index is 0.210. The van der Waals surface area contributed by atoms with Crippen LogP contribution in [0.4, 0.5) is 13.2 Å². The highest BCUT2D eigenvalue weighted by atomic mass is 19.4. The van der Waals surface area contributed by atoms with E-state index < -0.39 is 12.8 Å². The second kappa shape index (κ2) is 7.68. The maximum Gasteiger partial charge on any atom is 0.422 e. The van der Waals surface area contributed by atoms with Crippen molar-refractivity contribution in [2.75, 3.05) is 32.8 Å². The van der Waals surface area contributed by atoms with Crippen LogP contribution in [0.1, 0.15) is 20.9 Å². The molecule has 0 atom stereocenters. The van der Waals surface area contributed by atoms with Gasteiger partial charge >= 0.3 is 6.18 Å². The number of amides is 2. The molecule has 144 valence electrons. The number of hydrogen-bond donors (Lipinski definition) is 0. The van der Waals surface area contributed by atoms with E-state index in [9.17, 15) is 22.8 Å². The van der Waals surface area contributed by atoms with Gasteiger partial charge < -0.3 is 19.0 Å². The molecule has 10 heteroatoms. The van der Waals surface area contributed by atoms with E-state index in [-0.39, 0.29) is 29.0 Å². The van der Waals surface area contributed by atoms with Crippen molar-refractivity contribution in [2.45, 2.75) is 6.18 Å². The van der Waals surface area contributed by atoms with Gasteiger partial charge in [0.1, 0.15) is 0 Å². The van der Waals surface area contributed by atoms with Crippen LogP contribution >= 0.6 is 0 Å². The van der Waals surface area contributed by atoms with Crippen LogP contribution in [0.2, 0.25) is 0 Å². The lowest BCUT2D eigenvalue weighted by atomic mass is 10.2. The van der Waals surface area contributed by atoms with Crippen molar-refractivity contribution in [1.29, 1.82) is 0 Å². The van der Waals surface area contributed by atoms with Gasteiger partial charge in [0.05, 0.1) is 11.8 Å². The van der Waals surface area contributed by atoms with Gasteiger partial charge in [-0.15, -0.1) is 0 Å². The lowest BCUT2D eigenvalue weighted by molar-refractivity contribution is -0.154. The smallest absolute Gasteiger partial charge is 0.422 e. The molecule has 1 saturated heterocycles. The molecule has 2 amide bonds. The molecule has 0 saturated carbocycles. The molecule has 1 fully saturated rings. The van der Waals surface area contributed by atoms with Gasteiger partial charge in [-0.1, -0.05) is 0 Å². The summed E-state index contributed by atoms with van der Waals surface area (Å²) in [6.07, 6.45) is -1.86. The van der Waals surface area contributed by atoms with E-state index in [2.05, 4.69) is 9.72 Å². The van der Waals surface area contributed by atoms with Crippen molar-refractivity contribution >= 4 is 11.8 Å². The van der Waals surface area contributed by atoms with Crippen molar-refractivity contribution in [3.63, 3.8) is 0 Å². The third-order valence-corrected chi connectivity index (χ3v) is 3.95. The largest absolute Gasteiger partial charge is 0.468 e. The van der Waals surface area contributed by atoms with Gasteiger partial charge in [-0.05, 0) is 18.2 Å². The Hall–Kier alpha value is -3.04. The molecule has 3 heterocycles. The minimum atomic E-state index is -4.46. The molecule has 0 unspecified atom stereocenters. The number of nitrogens with zero attached hydrogens (tertiary/aromatic N) is 3. The van der Waals surface area contributed by atoms with Crippen LogP contribution in [0.25, 0.3) is 0 Å². The van der Waals surface area contributed by atoms with E-state index in [1.54, 1.807) is 21.9 Å². The summed E-state index contributed by atoms with van der Waals surface area (Å²) in [5, 5.41) is 0. The van der Waals surface area contributed by atoms with E-state index in [1.807, 2.05) is 0 Å². The summed E-state index contributed by atoms with van der Waals surface area (Å²) < 4.78 is 46.0. The number of ether oxygens (including phenoxy) is 1. The molecule has 2 aromatic rings. The maximum atomic E-state index is 12.5. The number of carbonyl (C=O) groups excluding carboxylic acids is 2. The highest BCUT2D eigenvalue weighted by Crippen LogP contribution is 2.18. The summed E-state index contributed by atoms with van der Waals surface area (Å²) in [5.74, 6) is -0.513. The van der Waals surface area contributed by atoms with Gasteiger partial charge in [0, 0.05) is 38.4 Å². The van der Waals surface area contributed by atoms with Gasteiger partial charge in [0.2, 0.25) is 5.88 Å². The Kier molecular flexibility index (Phi) is 5.33. The summed E-state index contributed by atoms with van der Waals surface area (Å²) in [6.45, 7) is -0.0783. The van der Waals surface area contributed by atoms with Crippen molar-refractivity contribution in [2.24, 2.45) is 0 Å². The van der Waals surface area contributed by atoms with Gasteiger partial charge in [-0.3, -0.25) is 9.59 Å². The first kappa shape index (κ1) is 18.7. The van der Waals surface area contributed by atoms with Crippen LogP contribution in [0, 0.1) is 0 Å².